The molecule has 0 amide bonds. The van der Waals surface area contributed by atoms with Crippen LogP contribution in [0.5, 0.6) is 0 Å². The van der Waals surface area contributed by atoms with E-state index in [1.54, 1.807) is 12.1 Å². The van der Waals surface area contributed by atoms with Gasteiger partial charge in [0.2, 0.25) is 0 Å². The molecule has 1 aromatic rings. The number of unbranched alkanes of at least 4 members (excludes halogenated alkanes) is 12. The van der Waals surface area contributed by atoms with E-state index < -0.39 is 0 Å². The molecule has 0 atom stereocenters. The molecular formula is C24H37NO4. The van der Waals surface area contributed by atoms with Gasteiger partial charge in [0.25, 0.3) is 5.69 Å². The summed E-state index contributed by atoms with van der Waals surface area (Å²) in [6, 6.07) is 6.75. The fourth-order valence-corrected chi connectivity index (χ4v) is 3.36. The van der Waals surface area contributed by atoms with Crippen molar-refractivity contribution in [1.29, 1.82) is 0 Å². The smallest absolute Gasteiger partial charge is 0.305 e. The first-order valence-corrected chi connectivity index (χ1v) is 11.1. The van der Waals surface area contributed by atoms with Crippen molar-refractivity contribution in [2.75, 3.05) is 7.11 Å². The third-order valence-electron chi connectivity index (χ3n) is 5.12. The molecule has 29 heavy (non-hydrogen) atoms. The van der Waals surface area contributed by atoms with E-state index in [0.717, 1.165) is 24.8 Å². The zero-order valence-corrected chi connectivity index (χ0v) is 17.9. The lowest BCUT2D eigenvalue weighted by Crippen LogP contribution is -1.99. The van der Waals surface area contributed by atoms with Gasteiger partial charge in [-0.2, -0.15) is 0 Å². The molecule has 0 saturated heterocycles. The van der Waals surface area contributed by atoms with Crippen molar-refractivity contribution in [1.82, 2.24) is 0 Å². The number of hydrogen-bond donors (Lipinski definition) is 0. The zero-order valence-electron chi connectivity index (χ0n) is 17.9. The number of rotatable bonds is 17. The number of esters is 1. The van der Waals surface area contributed by atoms with E-state index in [0.29, 0.717) is 6.42 Å². The van der Waals surface area contributed by atoms with E-state index in [9.17, 15) is 14.9 Å². The number of hydrogen-bond acceptors (Lipinski definition) is 4. The fraction of sp³-hybridized carbons (Fsp3) is 0.625. The second kappa shape index (κ2) is 16.8. The van der Waals surface area contributed by atoms with Gasteiger partial charge in [0, 0.05) is 18.6 Å². The summed E-state index contributed by atoms with van der Waals surface area (Å²) in [5.74, 6) is -0.0940. The molecule has 0 N–H and O–H groups in total. The monoisotopic (exact) mass is 403 g/mol. The first-order chi connectivity index (χ1) is 14.1. The zero-order chi connectivity index (χ0) is 21.2. The van der Waals surface area contributed by atoms with Crippen molar-refractivity contribution < 1.29 is 14.5 Å². The van der Waals surface area contributed by atoms with Crippen molar-refractivity contribution in [3.8, 4) is 0 Å². The minimum absolute atomic E-state index is 0.0940. The van der Waals surface area contributed by atoms with Crippen LogP contribution in [0.3, 0.4) is 0 Å². The summed E-state index contributed by atoms with van der Waals surface area (Å²) in [6.45, 7) is 0. The highest BCUT2D eigenvalue weighted by Gasteiger charge is 2.03. The highest BCUT2D eigenvalue weighted by Crippen LogP contribution is 2.16. The van der Waals surface area contributed by atoms with Crippen LogP contribution < -0.4 is 0 Å². The van der Waals surface area contributed by atoms with E-state index in [4.69, 9.17) is 0 Å². The van der Waals surface area contributed by atoms with E-state index in [2.05, 4.69) is 10.8 Å². The van der Waals surface area contributed by atoms with Crippen LogP contribution in [-0.2, 0) is 9.53 Å². The number of carbonyl (C=O) groups is 1. The first kappa shape index (κ1) is 24.9. The van der Waals surface area contributed by atoms with E-state index >= 15 is 0 Å². The molecule has 0 aliphatic carbocycles. The van der Waals surface area contributed by atoms with Crippen LogP contribution in [0.15, 0.2) is 30.3 Å². The van der Waals surface area contributed by atoms with E-state index in [1.165, 1.54) is 77.4 Å². The molecule has 0 fully saturated rings. The van der Waals surface area contributed by atoms with Crippen molar-refractivity contribution in [2.45, 2.75) is 89.9 Å². The number of non-ortho nitro benzene ring substituents is 1. The standard InChI is InChI=1S/C24H37NO4/c1-29-24(26)20-15-13-11-9-7-5-3-2-4-6-8-10-12-14-17-22-18-16-19-23(21-22)25(27)28/h14,16-19,21H,2-13,15,20H2,1H3/b17-14+. The van der Waals surface area contributed by atoms with Gasteiger partial charge < -0.3 is 4.74 Å². The fourth-order valence-electron chi connectivity index (χ4n) is 3.36. The average Bonchev–Trinajstić information content (AvgIpc) is 2.73. The van der Waals surface area contributed by atoms with Crippen LogP contribution in [0.25, 0.3) is 6.08 Å². The molecule has 0 saturated carbocycles. The second-order valence-corrected chi connectivity index (χ2v) is 7.61. The number of nitro benzene ring substituents is 1. The minimum atomic E-state index is -0.356. The normalized spacial score (nSPS) is 11.1. The SMILES string of the molecule is COC(=O)CCCCCCCCCCCCCC/C=C/c1cccc([N+](=O)[O-])c1. The van der Waals surface area contributed by atoms with Crippen LogP contribution >= 0.6 is 0 Å². The van der Waals surface area contributed by atoms with Gasteiger partial charge in [-0.05, 0) is 24.8 Å². The lowest BCUT2D eigenvalue weighted by atomic mass is 10.0. The molecule has 0 aliphatic rings. The van der Waals surface area contributed by atoms with Crippen molar-refractivity contribution in [3.63, 3.8) is 0 Å². The predicted octanol–water partition coefficient (Wildman–Crippen LogP) is 7.24. The molecule has 5 nitrogen and oxygen atoms in total. The van der Waals surface area contributed by atoms with Crippen molar-refractivity contribution in [2.24, 2.45) is 0 Å². The summed E-state index contributed by atoms with van der Waals surface area (Å²) in [4.78, 5) is 21.4. The summed E-state index contributed by atoms with van der Waals surface area (Å²) in [6.07, 6.45) is 20.6. The number of nitro groups is 1. The highest BCUT2D eigenvalue weighted by atomic mass is 16.6. The lowest BCUT2D eigenvalue weighted by molar-refractivity contribution is -0.384. The molecule has 1 rings (SSSR count). The maximum absolute atomic E-state index is 11.0. The van der Waals surface area contributed by atoms with Gasteiger partial charge in [0.1, 0.15) is 0 Å². The second-order valence-electron chi connectivity index (χ2n) is 7.61. The Morgan fingerprint density at radius 2 is 1.48 bits per heavy atom. The molecule has 0 aliphatic heterocycles. The largest absolute Gasteiger partial charge is 0.469 e. The first-order valence-electron chi connectivity index (χ1n) is 11.1. The number of allylic oxidation sites excluding steroid dienone is 1. The average molecular weight is 404 g/mol. The molecule has 0 aromatic heterocycles. The Hall–Kier alpha value is -2.17. The Kier molecular flexibility index (Phi) is 14.4. The van der Waals surface area contributed by atoms with Gasteiger partial charge in [-0.25, -0.2) is 0 Å². The van der Waals surface area contributed by atoms with Crippen molar-refractivity contribution in [3.05, 3.63) is 46.0 Å². The Labute approximate surface area is 175 Å². The number of ether oxygens (including phenoxy) is 1. The molecule has 0 unspecified atom stereocenters. The van der Waals surface area contributed by atoms with Crippen LogP contribution in [-0.4, -0.2) is 18.0 Å². The third kappa shape index (κ3) is 13.6. The van der Waals surface area contributed by atoms with Gasteiger partial charge in [-0.15, -0.1) is 0 Å². The van der Waals surface area contributed by atoms with Gasteiger partial charge >= 0.3 is 5.97 Å². The molecule has 0 bridgehead atoms. The molecule has 0 spiro atoms. The minimum Gasteiger partial charge on any atom is -0.469 e. The molecule has 0 radical (unpaired) electrons. The molecule has 162 valence electrons. The van der Waals surface area contributed by atoms with Crippen LogP contribution in [0.1, 0.15) is 95.5 Å². The van der Waals surface area contributed by atoms with Gasteiger partial charge in [-0.3, -0.25) is 14.9 Å². The van der Waals surface area contributed by atoms with Crippen LogP contribution in [0.2, 0.25) is 0 Å². The van der Waals surface area contributed by atoms with Crippen LogP contribution in [0, 0.1) is 10.1 Å². The number of benzene rings is 1. The summed E-state index contributed by atoms with van der Waals surface area (Å²) in [5.41, 5.74) is 1.04. The van der Waals surface area contributed by atoms with Crippen molar-refractivity contribution >= 4 is 17.7 Å². The van der Waals surface area contributed by atoms with Gasteiger partial charge in [0.05, 0.1) is 12.0 Å². The van der Waals surface area contributed by atoms with E-state index in [1.807, 2.05) is 12.1 Å². The Morgan fingerprint density at radius 3 is 2.03 bits per heavy atom. The predicted molar refractivity (Wildman–Crippen MR) is 119 cm³/mol. The Bertz CT molecular complexity index is 613. The Morgan fingerprint density at radius 1 is 0.931 bits per heavy atom. The maximum Gasteiger partial charge on any atom is 0.305 e. The quantitative estimate of drug-likeness (QED) is 0.119. The number of nitrogens with zero attached hydrogens (tertiary/aromatic N) is 1. The lowest BCUT2D eigenvalue weighted by Gasteiger charge is -2.03. The summed E-state index contributed by atoms with van der Waals surface area (Å²) in [5, 5.41) is 10.8. The maximum atomic E-state index is 11.0. The molecule has 5 heteroatoms. The highest BCUT2D eigenvalue weighted by molar-refractivity contribution is 5.68. The Balaban J connectivity index is 1.87. The topological polar surface area (TPSA) is 69.4 Å². The van der Waals surface area contributed by atoms with E-state index in [-0.39, 0.29) is 16.6 Å². The summed E-state index contributed by atoms with van der Waals surface area (Å²) < 4.78 is 4.64. The molecule has 0 heterocycles. The van der Waals surface area contributed by atoms with Gasteiger partial charge in [-0.1, -0.05) is 88.5 Å². The number of carbonyl (C=O) groups excluding carboxylic acids is 1. The summed E-state index contributed by atoms with van der Waals surface area (Å²) in [7, 11) is 1.45. The summed E-state index contributed by atoms with van der Waals surface area (Å²) >= 11 is 0. The third-order valence-corrected chi connectivity index (χ3v) is 5.12. The van der Waals surface area contributed by atoms with Crippen LogP contribution in [0.4, 0.5) is 5.69 Å². The van der Waals surface area contributed by atoms with Gasteiger partial charge in [0.15, 0.2) is 0 Å². The molecule has 1 aromatic carbocycles. The molecular weight excluding hydrogens is 366 g/mol. The number of methoxy groups -OCH3 is 1.